The molecule has 120 valence electrons. The summed E-state index contributed by atoms with van der Waals surface area (Å²) in [7, 11) is 0. The van der Waals surface area contributed by atoms with Gasteiger partial charge in [0.1, 0.15) is 11.5 Å². The Hall–Kier alpha value is -3.02. The van der Waals surface area contributed by atoms with E-state index in [9.17, 15) is 9.59 Å². The fraction of sp³-hybridized carbons (Fsp3) is 0.176. The molecule has 1 aromatic heterocycles. The van der Waals surface area contributed by atoms with Crippen LogP contribution in [-0.4, -0.2) is 18.4 Å². The van der Waals surface area contributed by atoms with Crippen molar-refractivity contribution in [2.45, 2.75) is 13.8 Å². The van der Waals surface area contributed by atoms with Crippen LogP contribution in [0.15, 0.2) is 47.1 Å². The van der Waals surface area contributed by atoms with Gasteiger partial charge in [-0.05, 0) is 43.7 Å². The summed E-state index contributed by atoms with van der Waals surface area (Å²) < 4.78 is 10.4. The number of ether oxygens (including phenoxy) is 1. The van der Waals surface area contributed by atoms with Crippen LogP contribution in [0.2, 0.25) is 0 Å². The van der Waals surface area contributed by atoms with Crippen molar-refractivity contribution < 1.29 is 18.7 Å². The van der Waals surface area contributed by atoms with Gasteiger partial charge in [0, 0.05) is 6.08 Å². The van der Waals surface area contributed by atoms with E-state index in [1.807, 2.05) is 31.2 Å². The molecular weight excluding hydrogens is 296 g/mol. The number of rotatable bonds is 5. The molecule has 6 heteroatoms. The third kappa shape index (κ3) is 4.74. The van der Waals surface area contributed by atoms with E-state index < -0.39 is 11.8 Å². The van der Waals surface area contributed by atoms with Gasteiger partial charge in [0.25, 0.3) is 11.8 Å². The maximum absolute atomic E-state index is 11.8. The number of hydrogen-bond acceptors (Lipinski definition) is 4. The van der Waals surface area contributed by atoms with E-state index in [4.69, 9.17) is 9.15 Å². The van der Waals surface area contributed by atoms with Crippen LogP contribution < -0.4 is 15.6 Å². The van der Waals surface area contributed by atoms with Crippen LogP contribution in [0.25, 0.3) is 6.08 Å². The van der Waals surface area contributed by atoms with Crippen LogP contribution in [0.1, 0.15) is 28.6 Å². The van der Waals surface area contributed by atoms with Gasteiger partial charge in [0.05, 0.1) is 18.4 Å². The minimum absolute atomic E-state index is 0.376. The zero-order valence-corrected chi connectivity index (χ0v) is 13.0. The molecule has 0 aliphatic heterocycles. The van der Waals surface area contributed by atoms with E-state index in [0.29, 0.717) is 17.9 Å². The molecule has 23 heavy (non-hydrogen) atoms. The molecule has 0 aliphatic rings. The van der Waals surface area contributed by atoms with Crippen molar-refractivity contribution in [3.63, 3.8) is 0 Å². The van der Waals surface area contributed by atoms with Gasteiger partial charge in [-0.2, -0.15) is 0 Å². The molecule has 6 nitrogen and oxygen atoms in total. The summed E-state index contributed by atoms with van der Waals surface area (Å²) in [5.41, 5.74) is 5.85. The Morgan fingerprint density at radius 2 is 1.91 bits per heavy atom. The molecule has 0 aliphatic carbocycles. The minimum atomic E-state index is -0.437. The van der Waals surface area contributed by atoms with Crippen LogP contribution >= 0.6 is 0 Å². The van der Waals surface area contributed by atoms with Gasteiger partial charge in [-0.25, -0.2) is 0 Å². The summed E-state index contributed by atoms with van der Waals surface area (Å²) in [6, 6.07) is 8.85. The highest BCUT2D eigenvalue weighted by molar-refractivity contribution is 5.98. The minimum Gasteiger partial charge on any atom is -0.494 e. The molecule has 0 unspecified atom stereocenters. The van der Waals surface area contributed by atoms with Crippen molar-refractivity contribution in [2.75, 3.05) is 6.61 Å². The molecule has 2 amide bonds. The molecule has 0 spiro atoms. The molecule has 0 saturated carbocycles. The molecule has 0 bridgehead atoms. The predicted octanol–water partition coefficient (Wildman–Crippen LogP) is 2.46. The van der Waals surface area contributed by atoms with Crippen molar-refractivity contribution in [1.82, 2.24) is 10.9 Å². The normalized spacial score (nSPS) is 10.5. The number of carbonyl (C=O) groups is 2. The maximum Gasteiger partial charge on any atom is 0.273 e. The zero-order chi connectivity index (χ0) is 16.7. The van der Waals surface area contributed by atoms with Gasteiger partial charge >= 0.3 is 0 Å². The lowest BCUT2D eigenvalue weighted by Crippen LogP contribution is -2.40. The first-order valence-corrected chi connectivity index (χ1v) is 7.15. The van der Waals surface area contributed by atoms with Crippen molar-refractivity contribution in [3.05, 3.63) is 59.6 Å². The highest BCUT2D eigenvalue weighted by Gasteiger charge is 2.11. The van der Waals surface area contributed by atoms with Gasteiger partial charge in [0.2, 0.25) is 0 Å². The lowest BCUT2D eigenvalue weighted by molar-refractivity contribution is -0.117. The first-order chi connectivity index (χ1) is 11.1. The summed E-state index contributed by atoms with van der Waals surface area (Å²) >= 11 is 0. The molecule has 0 saturated heterocycles. The molecule has 2 rings (SSSR count). The topological polar surface area (TPSA) is 80.6 Å². The van der Waals surface area contributed by atoms with E-state index in [1.54, 1.807) is 13.0 Å². The largest absolute Gasteiger partial charge is 0.494 e. The Labute approximate surface area is 134 Å². The highest BCUT2D eigenvalue weighted by Crippen LogP contribution is 2.13. The number of hydrogen-bond donors (Lipinski definition) is 2. The number of amides is 2. The zero-order valence-electron chi connectivity index (χ0n) is 13.0. The second kappa shape index (κ2) is 7.84. The number of carbonyl (C=O) groups excluding carboxylic acids is 2. The van der Waals surface area contributed by atoms with E-state index in [2.05, 4.69) is 10.9 Å². The first kappa shape index (κ1) is 16.4. The molecule has 0 radical (unpaired) electrons. The molecule has 2 aromatic rings. The highest BCUT2D eigenvalue weighted by atomic mass is 16.5. The fourth-order valence-electron chi connectivity index (χ4n) is 1.86. The number of benzene rings is 1. The van der Waals surface area contributed by atoms with Gasteiger partial charge < -0.3 is 9.15 Å². The molecule has 1 aromatic carbocycles. The summed E-state index contributed by atoms with van der Waals surface area (Å²) in [4.78, 5) is 23.5. The van der Waals surface area contributed by atoms with Crippen molar-refractivity contribution >= 4 is 17.9 Å². The number of nitrogens with one attached hydrogen (secondary N) is 2. The van der Waals surface area contributed by atoms with Gasteiger partial charge in [0.15, 0.2) is 0 Å². The van der Waals surface area contributed by atoms with Crippen molar-refractivity contribution in [3.8, 4) is 5.75 Å². The van der Waals surface area contributed by atoms with E-state index >= 15 is 0 Å². The van der Waals surface area contributed by atoms with Crippen LogP contribution in [0.4, 0.5) is 0 Å². The van der Waals surface area contributed by atoms with Crippen molar-refractivity contribution in [1.29, 1.82) is 0 Å². The van der Waals surface area contributed by atoms with Crippen LogP contribution in [0.3, 0.4) is 0 Å². The lowest BCUT2D eigenvalue weighted by Gasteiger charge is -2.04. The lowest BCUT2D eigenvalue weighted by atomic mass is 10.2. The summed E-state index contributed by atoms with van der Waals surface area (Å²) in [5, 5.41) is 0. The van der Waals surface area contributed by atoms with Crippen molar-refractivity contribution in [2.24, 2.45) is 0 Å². The summed E-state index contributed by atoms with van der Waals surface area (Å²) in [5.74, 6) is 0.394. The number of aryl methyl sites for hydroxylation is 1. The second-order valence-corrected chi connectivity index (χ2v) is 4.67. The molecule has 0 atom stereocenters. The molecule has 1 heterocycles. The van der Waals surface area contributed by atoms with E-state index in [-0.39, 0.29) is 0 Å². The average molecular weight is 314 g/mol. The van der Waals surface area contributed by atoms with E-state index in [0.717, 1.165) is 11.3 Å². The average Bonchev–Trinajstić information content (AvgIpc) is 2.98. The Balaban J connectivity index is 1.84. The number of hydrazine groups is 1. The Bertz CT molecular complexity index is 702. The second-order valence-electron chi connectivity index (χ2n) is 4.67. The number of furan rings is 1. The molecule has 0 fully saturated rings. The van der Waals surface area contributed by atoms with Crippen LogP contribution in [0.5, 0.6) is 5.75 Å². The van der Waals surface area contributed by atoms with Crippen LogP contribution in [0, 0.1) is 6.92 Å². The summed E-state index contributed by atoms with van der Waals surface area (Å²) in [6.45, 7) is 4.19. The smallest absolute Gasteiger partial charge is 0.273 e. The van der Waals surface area contributed by atoms with Gasteiger partial charge in [-0.15, -0.1) is 0 Å². The monoisotopic (exact) mass is 314 g/mol. The fourth-order valence-corrected chi connectivity index (χ4v) is 1.86. The first-order valence-electron chi connectivity index (χ1n) is 7.15. The quantitative estimate of drug-likeness (QED) is 0.656. The molecular formula is C17H18N2O4. The Morgan fingerprint density at radius 3 is 2.52 bits per heavy atom. The SMILES string of the molecule is CCOc1ccc(/C=C/C(=O)NNC(=O)c2ccoc2C)cc1. The van der Waals surface area contributed by atoms with Gasteiger partial charge in [-0.3, -0.25) is 20.4 Å². The van der Waals surface area contributed by atoms with E-state index in [1.165, 1.54) is 18.4 Å². The Morgan fingerprint density at radius 1 is 1.17 bits per heavy atom. The summed E-state index contributed by atoms with van der Waals surface area (Å²) in [6.07, 6.45) is 4.39. The Kier molecular flexibility index (Phi) is 5.57. The maximum atomic E-state index is 11.8. The van der Waals surface area contributed by atoms with Gasteiger partial charge in [-0.1, -0.05) is 12.1 Å². The van der Waals surface area contributed by atoms with Crippen LogP contribution in [-0.2, 0) is 4.79 Å². The third-order valence-corrected chi connectivity index (χ3v) is 3.02. The standard InChI is InChI=1S/C17H18N2O4/c1-3-22-14-7-4-13(5-8-14)6-9-16(20)18-19-17(21)15-10-11-23-12(15)2/h4-11H,3H2,1-2H3,(H,18,20)(H,19,21)/b9-6+. The molecule has 2 N–H and O–H groups in total. The predicted molar refractivity (Wildman–Crippen MR) is 85.7 cm³/mol. The third-order valence-electron chi connectivity index (χ3n) is 3.02.